The van der Waals surface area contributed by atoms with E-state index in [1.807, 2.05) is 48.5 Å². The van der Waals surface area contributed by atoms with Gasteiger partial charge >= 0.3 is 0 Å². The zero-order valence-electron chi connectivity index (χ0n) is 16.3. The number of amides is 3. The Bertz CT molecular complexity index is 1200. The van der Waals surface area contributed by atoms with Gasteiger partial charge in [0.15, 0.2) is 11.0 Å². The van der Waals surface area contributed by atoms with Crippen LogP contribution in [0.4, 0.5) is 5.69 Å². The van der Waals surface area contributed by atoms with Crippen LogP contribution in [0.15, 0.2) is 77.9 Å². The van der Waals surface area contributed by atoms with Gasteiger partial charge in [-0.25, -0.2) is 5.43 Å². The first-order chi connectivity index (χ1) is 15.0. The minimum Gasteiger partial charge on any atom is -0.301 e. The summed E-state index contributed by atoms with van der Waals surface area (Å²) >= 11 is 5.14. The number of hydrogen-bond acceptors (Lipinski definition) is 5. The van der Waals surface area contributed by atoms with Crippen molar-refractivity contribution in [2.45, 2.75) is 6.42 Å². The van der Waals surface area contributed by atoms with Crippen molar-refractivity contribution in [1.82, 2.24) is 10.7 Å². The largest absolute Gasteiger partial charge is 0.301 e. The van der Waals surface area contributed by atoms with Crippen LogP contribution in [0.25, 0.3) is 10.8 Å². The van der Waals surface area contributed by atoms with Crippen molar-refractivity contribution in [2.75, 3.05) is 4.90 Å². The molecule has 0 unspecified atom stereocenters. The Hall–Kier alpha value is -3.91. The molecule has 0 saturated carbocycles. The average Bonchev–Trinajstić information content (AvgIpc) is 2.77. The van der Waals surface area contributed by atoms with Crippen LogP contribution in [-0.2, 0) is 20.8 Å². The fourth-order valence-corrected chi connectivity index (χ4v) is 3.68. The molecular formula is C23H18N4O3S. The smallest absolute Gasteiger partial charge is 0.251 e. The zero-order valence-corrected chi connectivity index (χ0v) is 17.1. The number of fused-ring (bicyclic) bond motifs is 1. The summed E-state index contributed by atoms with van der Waals surface area (Å²) in [5, 5.41) is 8.38. The molecule has 2 N–H and O–H groups in total. The van der Waals surface area contributed by atoms with Crippen LogP contribution in [0.1, 0.15) is 5.56 Å². The molecule has 1 atom stereocenters. The molecule has 4 rings (SSSR count). The van der Waals surface area contributed by atoms with Crippen LogP contribution in [0.2, 0.25) is 0 Å². The summed E-state index contributed by atoms with van der Waals surface area (Å²) in [4.78, 5) is 38.7. The molecule has 1 fully saturated rings. The van der Waals surface area contributed by atoms with E-state index in [1.165, 1.54) is 4.90 Å². The van der Waals surface area contributed by atoms with Gasteiger partial charge in [-0.15, -0.1) is 0 Å². The second kappa shape index (κ2) is 8.85. The first kappa shape index (κ1) is 20.4. The number of nitrogens with zero attached hydrogens (tertiary/aromatic N) is 2. The number of nitrogens with one attached hydrogen (secondary N) is 2. The normalized spacial score (nSPS) is 16.6. The van der Waals surface area contributed by atoms with E-state index in [9.17, 15) is 14.4 Å². The van der Waals surface area contributed by atoms with Gasteiger partial charge in [0.2, 0.25) is 11.8 Å². The lowest BCUT2D eigenvalue weighted by Crippen LogP contribution is -2.58. The Labute approximate surface area is 183 Å². The average molecular weight is 430 g/mol. The molecule has 0 aliphatic carbocycles. The van der Waals surface area contributed by atoms with Gasteiger partial charge in [0.25, 0.3) is 5.91 Å². The monoisotopic (exact) mass is 430 g/mol. The molecule has 3 aromatic rings. The highest BCUT2D eigenvalue weighted by Crippen LogP contribution is 2.20. The number of carbonyl (C=O) groups excluding carboxylic acids is 3. The predicted octanol–water partition coefficient (Wildman–Crippen LogP) is 2.55. The molecule has 1 aliphatic rings. The van der Waals surface area contributed by atoms with Crippen LogP contribution < -0.4 is 15.6 Å². The van der Waals surface area contributed by atoms with Gasteiger partial charge in [-0.1, -0.05) is 60.7 Å². The van der Waals surface area contributed by atoms with Crippen molar-refractivity contribution in [1.29, 1.82) is 0 Å². The number of thiocarbonyl (C=S) groups is 1. The van der Waals surface area contributed by atoms with Gasteiger partial charge in [0, 0.05) is 6.21 Å². The van der Waals surface area contributed by atoms with E-state index in [-0.39, 0.29) is 17.4 Å². The van der Waals surface area contributed by atoms with Crippen LogP contribution in [0.3, 0.4) is 0 Å². The lowest BCUT2D eigenvalue weighted by Gasteiger charge is -2.30. The number of hydrogen-bond donors (Lipinski definition) is 2. The van der Waals surface area contributed by atoms with Crippen LogP contribution >= 0.6 is 12.2 Å². The molecule has 8 heteroatoms. The number of anilines is 1. The third-order valence-electron chi connectivity index (χ3n) is 4.86. The van der Waals surface area contributed by atoms with Gasteiger partial charge in [-0.05, 0) is 40.7 Å². The van der Waals surface area contributed by atoms with Gasteiger partial charge in [-0.2, -0.15) is 5.10 Å². The third kappa shape index (κ3) is 4.34. The molecular weight excluding hydrogens is 412 g/mol. The fraction of sp³-hybridized carbons (Fsp3) is 0.0870. The highest BCUT2D eigenvalue weighted by atomic mass is 32.1. The van der Waals surface area contributed by atoms with E-state index in [4.69, 9.17) is 12.2 Å². The van der Waals surface area contributed by atoms with E-state index in [1.54, 1.807) is 24.3 Å². The van der Waals surface area contributed by atoms with Crippen LogP contribution in [-0.4, -0.2) is 29.0 Å². The molecule has 0 aromatic heterocycles. The van der Waals surface area contributed by atoms with E-state index >= 15 is 0 Å². The Morgan fingerprint density at radius 3 is 2.55 bits per heavy atom. The lowest BCUT2D eigenvalue weighted by molar-refractivity contribution is -0.130. The molecule has 1 heterocycles. The predicted molar refractivity (Wildman–Crippen MR) is 122 cm³/mol. The summed E-state index contributed by atoms with van der Waals surface area (Å²) in [7, 11) is 0. The second-order valence-electron chi connectivity index (χ2n) is 6.91. The number of para-hydroxylation sites is 1. The molecule has 7 nitrogen and oxygen atoms in total. The summed E-state index contributed by atoms with van der Waals surface area (Å²) in [6.45, 7) is 0. The van der Waals surface area contributed by atoms with Crippen LogP contribution in [0, 0.1) is 5.92 Å². The minimum absolute atomic E-state index is 0.00541. The summed E-state index contributed by atoms with van der Waals surface area (Å²) in [5.74, 6) is -2.68. The summed E-state index contributed by atoms with van der Waals surface area (Å²) in [6.07, 6.45) is 1.24. The van der Waals surface area contributed by atoms with Gasteiger partial charge < -0.3 is 5.32 Å². The van der Waals surface area contributed by atoms with Crippen LogP contribution in [0.5, 0.6) is 0 Å². The highest BCUT2D eigenvalue weighted by molar-refractivity contribution is 7.80. The van der Waals surface area contributed by atoms with Crippen molar-refractivity contribution in [3.8, 4) is 0 Å². The van der Waals surface area contributed by atoms with E-state index in [0.717, 1.165) is 22.6 Å². The summed E-state index contributed by atoms with van der Waals surface area (Å²) in [5.41, 5.74) is 3.79. The highest BCUT2D eigenvalue weighted by Gasteiger charge is 2.38. The maximum atomic E-state index is 12.8. The maximum Gasteiger partial charge on any atom is 0.251 e. The Balaban J connectivity index is 1.45. The van der Waals surface area contributed by atoms with Gasteiger partial charge in [0.05, 0.1) is 12.1 Å². The van der Waals surface area contributed by atoms with Crippen molar-refractivity contribution in [3.05, 3.63) is 78.4 Å². The molecule has 0 bridgehead atoms. The summed E-state index contributed by atoms with van der Waals surface area (Å²) in [6, 6.07) is 22.3. The van der Waals surface area contributed by atoms with Crippen molar-refractivity contribution >= 4 is 57.7 Å². The molecule has 3 aromatic carbocycles. The molecule has 1 aliphatic heterocycles. The summed E-state index contributed by atoms with van der Waals surface area (Å²) < 4.78 is 0. The Morgan fingerprint density at radius 2 is 1.74 bits per heavy atom. The molecule has 0 spiro atoms. The number of hydrazone groups is 1. The molecule has 1 saturated heterocycles. The van der Waals surface area contributed by atoms with E-state index < -0.39 is 17.7 Å². The van der Waals surface area contributed by atoms with Crippen molar-refractivity contribution < 1.29 is 14.4 Å². The first-order valence-corrected chi connectivity index (χ1v) is 9.98. The lowest BCUT2D eigenvalue weighted by atomic mass is 10.0. The Morgan fingerprint density at radius 1 is 1.03 bits per heavy atom. The maximum absolute atomic E-state index is 12.8. The number of benzene rings is 3. The minimum atomic E-state index is -1.20. The number of rotatable bonds is 5. The molecule has 0 radical (unpaired) electrons. The quantitative estimate of drug-likeness (QED) is 0.282. The fourth-order valence-electron chi connectivity index (χ4n) is 3.39. The van der Waals surface area contributed by atoms with Gasteiger partial charge in [0.1, 0.15) is 0 Å². The van der Waals surface area contributed by atoms with E-state index in [0.29, 0.717) is 5.69 Å². The SMILES string of the molecule is O=C(Cc1cccc2ccccc12)N/N=C\[C@@H]1C(=O)NC(=S)N(c2ccccc2)C1=O. The van der Waals surface area contributed by atoms with Crippen molar-refractivity contribution in [3.63, 3.8) is 0 Å². The number of carbonyl (C=O) groups is 3. The first-order valence-electron chi connectivity index (χ1n) is 9.57. The van der Waals surface area contributed by atoms with Crippen molar-refractivity contribution in [2.24, 2.45) is 11.0 Å². The third-order valence-corrected chi connectivity index (χ3v) is 5.14. The second-order valence-corrected chi connectivity index (χ2v) is 7.30. The zero-order chi connectivity index (χ0) is 21.8. The molecule has 31 heavy (non-hydrogen) atoms. The topological polar surface area (TPSA) is 90.9 Å². The van der Waals surface area contributed by atoms with Gasteiger partial charge in [-0.3, -0.25) is 19.3 Å². The Kier molecular flexibility index (Phi) is 5.81. The standard InChI is InChI=1S/C23H18N4O3S/c28-20(13-16-9-6-8-15-7-4-5-12-18(15)16)26-24-14-19-21(29)25-23(31)27(22(19)30)17-10-2-1-3-11-17/h1-12,14,19H,13H2,(H,26,28)(H,25,29,31)/b24-14-/t19-/m1/s1. The molecule has 154 valence electrons. The molecule has 3 amide bonds. The van der Waals surface area contributed by atoms with E-state index in [2.05, 4.69) is 15.8 Å².